The number of carbonyl (C=O) groups excluding carboxylic acids is 2. The minimum absolute atomic E-state index is 0.234. The first-order chi connectivity index (χ1) is 12.1. The van der Waals surface area contributed by atoms with Crippen molar-refractivity contribution < 1.29 is 14.3 Å². The Morgan fingerprint density at radius 1 is 1.08 bits per heavy atom. The van der Waals surface area contributed by atoms with Crippen LogP contribution >= 0.6 is 0 Å². The normalized spacial score (nSPS) is 18.2. The molecule has 1 aliphatic rings. The van der Waals surface area contributed by atoms with Crippen molar-refractivity contribution in [2.45, 2.75) is 13.0 Å². The fourth-order valence-electron chi connectivity index (χ4n) is 2.77. The molecule has 1 heterocycles. The average molecular weight is 337 g/mol. The van der Waals surface area contributed by atoms with Gasteiger partial charge in [-0.2, -0.15) is 0 Å². The Hall–Kier alpha value is -3.28. The number of hydrogen-bond donors (Lipinski definition) is 3. The Morgan fingerprint density at radius 2 is 1.76 bits per heavy atom. The summed E-state index contributed by atoms with van der Waals surface area (Å²) >= 11 is 0. The molecule has 0 saturated carbocycles. The summed E-state index contributed by atoms with van der Waals surface area (Å²) in [4.78, 5) is 24.1. The summed E-state index contributed by atoms with van der Waals surface area (Å²) in [5, 5.41) is 8.74. The lowest BCUT2D eigenvalue weighted by Crippen LogP contribution is -2.35. The molecule has 6 nitrogen and oxygen atoms in total. The first-order valence-electron chi connectivity index (χ1n) is 7.87. The van der Waals surface area contributed by atoms with Crippen LogP contribution in [0.2, 0.25) is 0 Å². The smallest absolute Gasteiger partial charge is 0.411 e. The third kappa shape index (κ3) is 3.47. The molecular weight excluding hydrogens is 318 g/mol. The molecule has 0 radical (unpaired) electrons. The van der Waals surface area contributed by atoms with Gasteiger partial charge in [0, 0.05) is 5.56 Å². The molecule has 128 valence electrons. The van der Waals surface area contributed by atoms with Crippen LogP contribution in [0.3, 0.4) is 0 Å². The quantitative estimate of drug-likeness (QED) is 0.787. The highest BCUT2D eigenvalue weighted by Crippen LogP contribution is 2.28. The zero-order valence-corrected chi connectivity index (χ0v) is 14.0. The molecule has 0 aromatic heterocycles. The van der Waals surface area contributed by atoms with Crippen molar-refractivity contribution in [2.75, 3.05) is 7.11 Å². The van der Waals surface area contributed by atoms with Crippen LogP contribution in [0.15, 0.2) is 66.1 Å². The van der Waals surface area contributed by atoms with E-state index in [1.165, 1.54) is 7.11 Å². The van der Waals surface area contributed by atoms with Crippen LogP contribution in [0, 0.1) is 0 Å². The number of carbonyl (C=O) groups is 2. The number of allylic oxidation sites excluding steroid dienone is 1. The Bertz CT molecular complexity index is 831. The van der Waals surface area contributed by atoms with E-state index in [-0.39, 0.29) is 11.9 Å². The van der Waals surface area contributed by atoms with Crippen molar-refractivity contribution in [3.63, 3.8) is 0 Å². The van der Waals surface area contributed by atoms with Gasteiger partial charge in [0.25, 0.3) is 5.91 Å². The SMILES string of the molecule is COC(=O)N/C(C)=C1/NC(=O)c2ccccc2[C@H](c2ccccc2)N1. The van der Waals surface area contributed by atoms with E-state index < -0.39 is 6.09 Å². The molecule has 2 aromatic rings. The van der Waals surface area contributed by atoms with E-state index in [2.05, 4.69) is 20.7 Å². The number of alkyl carbamates (subject to hydrolysis) is 1. The Labute approximate surface area is 145 Å². The number of methoxy groups -OCH3 is 1. The van der Waals surface area contributed by atoms with Crippen LogP contribution in [0.25, 0.3) is 0 Å². The van der Waals surface area contributed by atoms with Crippen LogP contribution in [0.5, 0.6) is 0 Å². The predicted molar refractivity (Wildman–Crippen MR) is 93.6 cm³/mol. The van der Waals surface area contributed by atoms with Gasteiger partial charge in [-0.3, -0.25) is 10.1 Å². The van der Waals surface area contributed by atoms with Crippen LogP contribution < -0.4 is 16.0 Å². The van der Waals surface area contributed by atoms with Gasteiger partial charge in [0.05, 0.1) is 18.8 Å². The molecule has 2 aromatic carbocycles. The van der Waals surface area contributed by atoms with Gasteiger partial charge in [0.1, 0.15) is 5.82 Å². The lowest BCUT2D eigenvalue weighted by atomic mass is 9.94. The second kappa shape index (κ2) is 7.09. The summed E-state index contributed by atoms with van der Waals surface area (Å²) in [6.45, 7) is 1.69. The molecular formula is C19H19N3O3. The van der Waals surface area contributed by atoms with Gasteiger partial charge in [-0.05, 0) is 24.1 Å². The topological polar surface area (TPSA) is 79.5 Å². The van der Waals surface area contributed by atoms with Crippen LogP contribution in [0.4, 0.5) is 4.79 Å². The molecule has 0 fully saturated rings. The van der Waals surface area contributed by atoms with Gasteiger partial charge in [-0.25, -0.2) is 4.79 Å². The van der Waals surface area contributed by atoms with Crippen LogP contribution in [-0.2, 0) is 4.74 Å². The summed E-state index contributed by atoms with van der Waals surface area (Å²) in [6.07, 6.45) is -0.598. The van der Waals surface area contributed by atoms with Gasteiger partial charge in [0.15, 0.2) is 0 Å². The first kappa shape index (κ1) is 16.6. The zero-order chi connectivity index (χ0) is 17.8. The molecule has 0 saturated heterocycles. The van der Waals surface area contributed by atoms with Crippen molar-refractivity contribution in [1.82, 2.24) is 16.0 Å². The largest absolute Gasteiger partial charge is 0.453 e. The van der Waals surface area contributed by atoms with Gasteiger partial charge in [0.2, 0.25) is 0 Å². The number of hydrogen-bond acceptors (Lipinski definition) is 4. The molecule has 6 heteroatoms. The number of ether oxygens (including phenoxy) is 1. The molecule has 25 heavy (non-hydrogen) atoms. The maximum atomic E-state index is 12.6. The van der Waals surface area contributed by atoms with E-state index in [9.17, 15) is 9.59 Å². The third-order valence-electron chi connectivity index (χ3n) is 4.03. The second-order valence-corrected chi connectivity index (χ2v) is 5.65. The van der Waals surface area contributed by atoms with Crippen molar-refractivity contribution in [1.29, 1.82) is 0 Å². The van der Waals surface area contributed by atoms with Gasteiger partial charge < -0.3 is 15.4 Å². The van der Waals surface area contributed by atoms with Gasteiger partial charge in [-0.15, -0.1) is 0 Å². The number of fused-ring (bicyclic) bond motifs is 1. The number of nitrogens with one attached hydrogen (secondary N) is 3. The third-order valence-corrected chi connectivity index (χ3v) is 4.03. The fourth-order valence-corrected chi connectivity index (χ4v) is 2.77. The van der Waals surface area contributed by atoms with E-state index in [4.69, 9.17) is 0 Å². The average Bonchev–Trinajstić information content (AvgIpc) is 2.79. The van der Waals surface area contributed by atoms with E-state index in [1.54, 1.807) is 13.0 Å². The summed E-state index contributed by atoms with van der Waals surface area (Å²) in [6, 6.07) is 17.0. The van der Waals surface area contributed by atoms with E-state index in [0.29, 0.717) is 17.1 Å². The number of amides is 2. The summed E-state index contributed by atoms with van der Waals surface area (Å²) in [5.41, 5.74) is 2.93. The summed E-state index contributed by atoms with van der Waals surface area (Å²) in [7, 11) is 1.29. The van der Waals surface area contributed by atoms with Gasteiger partial charge >= 0.3 is 6.09 Å². The van der Waals surface area contributed by atoms with Crippen molar-refractivity contribution >= 4 is 12.0 Å². The van der Waals surface area contributed by atoms with Crippen LogP contribution in [0.1, 0.15) is 34.5 Å². The maximum Gasteiger partial charge on any atom is 0.411 e. The lowest BCUT2D eigenvalue weighted by Gasteiger charge is -2.21. The highest BCUT2D eigenvalue weighted by molar-refractivity contribution is 5.97. The second-order valence-electron chi connectivity index (χ2n) is 5.65. The summed E-state index contributed by atoms with van der Waals surface area (Å²) < 4.78 is 4.62. The molecule has 2 amide bonds. The lowest BCUT2D eigenvalue weighted by molar-refractivity contribution is 0.0964. The first-order valence-corrected chi connectivity index (χ1v) is 7.87. The van der Waals surface area contributed by atoms with Crippen molar-refractivity contribution in [3.05, 3.63) is 82.8 Å². The van der Waals surface area contributed by atoms with E-state index in [0.717, 1.165) is 11.1 Å². The highest BCUT2D eigenvalue weighted by atomic mass is 16.5. The number of rotatable bonds is 2. The predicted octanol–water partition coefficient (Wildman–Crippen LogP) is 2.65. The minimum Gasteiger partial charge on any atom is -0.453 e. The van der Waals surface area contributed by atoms with Crippen molar-refractivity contribution in [2.24, 2.45) is 0 Å². The maximum absolute atomic E-state index is 12.6. The molecule has 1 atom stereocenters. The molecule has 0 bridgehead atoms. The molecule has 0 aliphatic carbocycles. The minimum atomic E-state index is -0.598. The van der Waals surface area contributed by atoms with E-state index in [1.807, 2.05) is 48.5 Å². The number of benzene rings is 2. The fraction of sp³-hybridized carbons (Fsp3) is 0.158. The standard InChI is InChI=1S/C19H19N3O3/c1-12(20-19(24)25-2)17-21-16(13-8-4-3-5-9-13)14-10-6-7-11-15(14)18(23)22-17/h3-11,16,21H,1-2H3,(H,20,24)(H,22,23)/b17-12+/t16-/m0/s1. The molecule has 1 aliphatic heterocycles. The monoisotopic (exact) mass is 337 g/mol. The molecule has 0 unspecified atom stereocenters. The van der Waals surface area contributed by atoms with E-state index >= 15 is 0 Å². The molecule has 3 rings (SSSR count). The zero-order valence-electron chi connectivity index (χ0n) is 14.0. The van der Waals surface area contributed by atoms with Crippen LogP contribution in [-0.4, -0.2) is 19.1 Å². The molecule has 0 spiro atoms. The molecule has 3 N–H and O–H groups in total. The Morgan fingerprint density at radius 3 is 2.48 bits per heavy atom. The van der Waals surface area contributed by atoms with Crippen molar-refractivity contribution in [3.8, 4) is 0 Å². The van der Waals surface area contributed by atoms with Gasteiger partial charge in [-0.1, -0.05) is 48.5 Å². The Kier molecular flexibility index (Phi) is 4.70. The highest BCUT2D eigenvalue weighted by Gasteiger charge is 2.27. The summed E-state index contributed by atoms with van der Waals surface area (Å²) in [5.74, 6) is 0.197. The Balaban J connectivity index is 2.07.